The van der Waals surface area contributed by atoms with Gasteiger partial charge in [-0.15, -0.1) is 0 Å². The predicted molar refractivity (Wildman–Crippen MR) is 99.1 cm³/mol. The maximum absolute atomic E-state index is 12.3. The Kier molecular flexibility index (Phi) is 5.34. The number of methoxy groups -OCH3 is 2. The van der Waals surface area contributed by atoms with E-state index in [1.165, 1.54) is 11.8 Å². The molecular weight excluding hydrogens is 340 g/mol. The molecule has 2 atom stereocenters. The van der Waals surface area contributed by atoms with Crippen LogP contribution in [0.4, 0.5) is 0 Å². The minimum Gasteiger partial charge on any atom is -0.493 e. The summed E-state index contributed by atoms with van der Waals surface area (Å²) < 4.78 is 16.3. The molecule has 1 fully saturated rings. The van der Waals surface area contributed by atoms with E-state index in [9.17, 15) is 4.79 Å². The molecular formula is C18H22N2O4S. The standard InChI is InChI=1S/C18H22N2O4S/c1-11-9-20(10-12(2)24-11)18-19-17(21)16(25-18)8-13-5-6-14(22-3)15(7-13)23-4/h5-8,11-12H,9-10H2,1-4H3/b16-8-/t11-,12-/m0/s1. The zero-order valence-electron chi connectivity index (χ0n) is 14.8. The first-order chi connectivity index (χ1) is 12.0. The summed E-state index contributed by atoms with van der Waals surface area (Å²) >= 11 is 1.41. The fourth-order valence-electron chi connectivity index (χ4n) is 2.96. The van der Waals surface area contributed by atoms with Crippen LogP contribution < -0.4 is 9.47 Å². The molecule has 0 aliphatic carbocycles. The second-order valence-corrected chi connectivity index (χ2v) is 7.10. The van der Waals surface area contributed by atoms with Crippen LogP contribution >= 0.6 is 11.8 Å². The van der Waals surface area contributed by atoms with Crippen LogP contribution in [0.2, 0.25) is 0 Å². The molecule has 1 saturated heterocycles. The topological polar surface area (TPSA) is 60.4 Å². The molecule has 0 radical (unpaired) electrons. The molecule has 2 aliphatic heterocycles. The summed E-state index contributed by atoms with van der Waals surface area (Å²) in [5.41, 5.74) is 0.869. The average Bonchev–Trinajstić information content (AvgIpc) is 2.94. The van der Waals surface area contributed by atoms with Gasteiger partial charge in [-0.1, -0.05) is 6.07 Å². The zero-order chi connectivity index (χ0) is 18.0. The highest BCUT2D eigenvalue weighted by molar-refractivity contribution is 8.18. The van der Waals surface area contributed by atoms with Crippen molar-refractivity contribution < 1.29 is 19.0 Å². The minimum atomic E-state index is -0.207. The van der Waals surface area contributed by atoms with Crippen LogP contribution in [0.5, 0.6) is 11.5 Å². The summed E-state index contributed by atoms with van der Waals surface area (Å²) in [7, 11) is 3.18. The maximum Gasteiger partial charge on any atom is 0.286 e. The number of rotatable bonds is 3. The van der Waals surface area contributed by atoms with Crippen molar-refractivity contribution >= 4 is 28.9 Å². The number of hydrogen-bond donors (Lipinski definition) is 0. The van der Waals surface area contributed by atoms with E-state index in [0.717, 1.165) is 23.8 Å². The largest absolute Gasteiger partial charge is 0.493 e. The lowest BCUT2D eigenvalue weighted by atomic mass is 10.2. The van der Waals surface area contributed by atoms with E-state index in [0.29, 0.717) is 16.4 Å². The van der Waals surface area contributed by atoms with Gasteiger partial charge in [0, 0.05) is 13.1 Å². The Morgan fingerprint density at radius 1 is 1.20 bits per heavy atom. The normalized spacial score (nSPS) is 25.3. The van der Waals surface area contributed by atoms with Gasteiger partial charge in [0.2, 0.25) is 0 Å². The van der Waals surface area contributed by atoms with Crippen molar-refractivity contribution in [1.29, 1.82) is 0 Å². The zero-order valence-corrected chi connectivity index (χ0v) is 15.6. The molecule has 0 aromatic heterocycles. The highest BCUT2D eigenvalue weighted by Gasteiger charge is 2.31. The first kappa shape index (κ1) is 17.8. The van der Waals surface area contributed by atoms with Crippen LogP contribution in [0.25, 0.3) is 6.08 Å². The molecule has 0 bridgehead atoms. The lowest BCUT2D eigenvalue weighted by molar-refractivity contribution is -0.113. The molecule has 1 amide bonds. The summed E-state index contributed by atoms with van der Waals surface area (Å²) in [4.78, 5) is 19.2. The molecule has 7 heteroatoms. The summed E-state index contributed by atoms with van der Waals surface area (Å²) in [5, 5.41) is 0.749. The highest BCUT2D eigenvalue weighted by Crippen LogP contribution is 2.33. The molecule has 3 rings (SSSR count). The number of aliphatic imine (C=N–C) groups is 1. The van der Waals surface area contributed by atoms with Crippen molar-refractivity contribution in [2.45, 2.75) is 26.1 Å². The number of amides is 1. The molecule has 2 heterocycles. The molecule has 6 nitrogen and oxygen atoms in total. The smallest absolute Gasteiger partial charge is 0.286 e. The summed E-state index contributed by atoms with van der Waals surface area (Å²) in [6, 6.07) is 5.55. The molecule has 0 spiro atoms. The lowest BCUT2D eigenvalue weighted by Crippen LogP contribution is -2.47. The third kappa shape index (κ3) is 3.99. The molecule has 1 aromatic rings. The lowest BCUT2D eigenvalue weighted by Gasteiger charge is -2.35. The quantitative estimate of drug-likeness (QED) is 0.771. The van der Waals surface area contributed by atoms with Gasteiger partial charge in [-0.2, -0.15) is 4.99 Å². The number of benzene rings is 1. The van der Waals surface area contributed by atoms with Crippen LogP contribution in [0, 0.1) is 0 Å². The number of morpholine rings is 1. The van der Waals surface area contributed by atoms with Gasteiger partial charge in [-0.3, -0.25) is 4.79 Å². The van der Waals surface area contributed by atoms with Crippen molar-refractivity contribution in [3.05, 3.63) is 28.7 Å². The number of nitrogens with zero attached hydrogens (tertiary/aromatic N) is 2. The number of ether oxygens (including phenoxy) is 3. The van der Waals surface area contributed by atoms with Crippen molar-refractivity contribution in [3.8, 4) is 11.5 Å². The summed E-state index contributed by atoms with van der Waals surface area (Å²) in [6.45, 7) is 5.55. The van der Waals surface area contributed by atoms with Crippen molar-refractivity contribution in [3.63, 3.8) is 0 Å². The van der Waals surface area contributed by atoms with Gasteiger partial charge in [-0.25, -0.2) is 0 Å². The van der Waals surface area contributed by atoms with Crippen LogP contribution in [0.15, 0.2) is 28.1 Å². The monoisotopic (exact) mass is 362 g/mol. The van der Waals surface area contributed by atoms with E-state index >= 15 is 0 Å². The first-order valence-electron chi connectivity index (χ1n) is 8.15. The molecule has 0 N–H and O–H groups in total. The first-order valence-corrected chi connectivity index (χ1v) is 8.96. The van der Waals surface area contributed by atoms with Gasteiger partial charge in [-0.05, 0) is 49.4 Å². The second kappa shape index (κ2) is 7.49. The van der Waals surface area contributed by atoms with Crippen LogP contribution in [-0.2, 0) is 9.53 Å². The van der Waals surface area contributed by atoms with E-state index in [2.05, 4.69) is 9.89 Å². The van der Waals surface area contributed by atoms with Gasteiger partial charge in [0.1, 0.15) is 0 Å². The fraction of sp³-hybridized carbons (Fsp3) is 0.444. The minimum absolute atomic E-state index is 0.126. The Morgan fingerprint density at radius 2 is 1.88 bits per heavy atom. The Morgan fingerprint density at radius 3 is 2.52 bits per heavy atom. The van der Waals surface area contributed by atoms with Gasteiger partial charge in [0.15, 0.2) is 16.7 Å². The maximum atomic E-state index is 12.3. The molecule has 2 aliphatic rings. The number of hydrogen-bond acceptors (Lipinski definition) is 6. The SMILES string of the molecule is COc1ccc(/C=C2\SC(N3C[C@H](C)O[C@@H](C)C3)=NC2=O)cc1OC. The molecule has 134 valence electrons. The van der Waals surface area contributed by atoms with Crippen LogP contribution in [0.1, 0.15) is 19.4 Å². The van der Waals surface area contributed by atoms with Crippen molar-refractivity contribution in [2.75, 3.05) is 27.3 Å². The molecule has 1 aromatic carbocycles. The summed E-state index contributed by atoms with van der Waals surface area (Å²) in [6.07, 6.45) is 2.08. The predicted octanol–water partition coefficient (Wildman–Crippen LogP) is 2.78. The van der Waals surface area contributed by atoms with Crippen molar-refractivity contribution in [1.82, 2.24) is 4.90 Å². The van der Waals surface area contributed by atoms with Crippen LogP contribution in [-0.4, -0.2) is 55.5 Å². The van der Waals surface area contributed by atoms with E-state index in [-0.39, 0.29) is 18.1 Å². The Hall–Kier alpha value is -1.99. The third-order valence-electron chi connectivity index (χ3n) is 4.00. The van der Waals surface area contributed by atoms with Gasteiger partial charge in [0.25, 0.3) is 5.91 Å². The summed E-state index contributed by atoms with van der Waals surface area (Å²) in [5.74, 6) is 1.08. The Balaban J connectivity index is 1.77. The van der Waals surface area contributed by atoms with Gasteiger partial charge >= 0.3 is 0 Å². The number of carbonyl (C=O) groups is 1. The van der Waals surface area contributed by atoms with E-state index < -0.39 is 0 Å². The van der Waals surface area contributed by atoms with Gasteiger partial charge < -0.3 is 19.1 Å². The third-order valence-corrected chi connectivity index (χ3v) is 5.05. The van der Waals surface area contributed by atoms with Crippen molar-refractivity contribution in [2.24, 2.45) is 4.99 Å². The number of thioether (sulfide) groups is 1. The average molecular weight is 362 g/mol. The number of amidine groups is 1. The fourth-order valence-corrected chi connectivity index (χ4v) is 3.89. The molecule has 0 saturated carbocycles. The Labute approximate surface area is 151 Å². The van der Waals surface area contributed by atoms with E-state index in [1.54, 1.807) is 14.2 Å². The van der Waals surface area contributed by atoms with Crippen LogP contribution in [0.3, 0.4) is 0 Å². The van der Waals surface area contributed by atoms with E-state index in [1.807, 2.05) is 38.1 Å². The highest BCUT2D eigenvalue weighted by atomic mass is 32.2. The molecule has 25 heavy (non-hydrogen) atoms. The van der Waals surface area contributed by atoms with E-state index in [4.69, 9.17) is 14.2 Å². The Bertz CT molecular complexity index is 722. The molecule has 0 unspecified atom stereocenters. The second-order valence-electron chi connectivity index (χ2n) is 6.09. The van der Waals surface area contributed by atoms with Gasteiger partial charge in [0.05, 0.1) is 31.3 Å². The number of carbonyl (C=O) groups excluding carboxylic acids is 1.